The molecule has 1 saturated carbocycles. The average molecular weight is 251 g/mol. The van der Waals surface area contributed by atoms with E-state index in [9.17, 15) is 4.79 Å². The van der Waals surface area contributed by atoms with Gasteiger partial charge in [0.25, 0.3) is 0 Å². The van der Waals surface area contributed by atoms with Crippen molar-refractivity contribution in [1.29, 1.82) is 0 Å². The first-order chi connectivity index (χ1) is 8.08. The fraction of sp³-hybridized carbons (Fsp3) is 0.333. The Morgan fingerprint density at radius 1 is 1.59 bits per heavy atom. The fourth-order valence-corrected chi connectivity index (χ4v) is 2.43. The summed E-state index contributed by atoms with van der Waals surface area (Å²) in [5.41, 5.74) is 1.81. The van der Waals surface area contributed by atoms with Crippen LogP contribution in [-0.2, 0) is 11.8 Å². The third kappa shape index (κ3) is 1.60. The minimum atomic E-state index is -0.736. The molecule has 88 valence electrons. The van der Waals surface area contributed by atoms with Crippen molar-refractivity contribution in [2.45, 2.75) is 12.3 Å². The highest BCUT2D eigenvalue weighted by Gasteiger charge is 2.46. The van der Waals surface area contributed by atoms with Gasteiger partial charge < -0.3 is 9.67 Å². The fourth-order valence-electron chi connectivity index (χ4n) is 2.27. The number of aromatic nitrogens is 2. The van der Waals surface area contributed by atoms with Crippen LogP contribution >= 0.6 is 11.6 Å². The molecule has 0 saturated heterocycles. The smallest absolute Gasteiger partial charge is 0.307 e. The molecule has 2 atom stereocenters. The van der Waals surface area contributed by atoms with Crippen LogP contribution in [0.5, 0.6) is 0 Å². The molecule has 0 aliphatic heterocycles. The van der Waals surface area contributed by atoms with Gasteiger partial charge in [0.15, 0.2) is 0 Å². The van der Waals surface area contributed by atoms with E-state index in [4.69, 9.17) is 16.7 Å². The van der Waals surface area contributed by atoms with Crippen LogP contribution in [0.2, 0.25) is 5.02 Å². The van der Waals surface area contributed by atoms with E-state index in [1.54, 1.807) is 6.07 Å². The number of rotatable bonds is 2. The Labute approximate surface area is 103 Å². The number of carbonyl (C=O) groups is 1. The van der Waals surface area contributed by atoms with Gasteiger partial charge in [0.05, 0.1) is 17.0 Å². The molecule has 0 amide bonds. The average Bonchev–Trinajstić information content (AvgIpc) is 3.01. The second-order valence-corrected chi connectivity index (χ2v) is 4.89. The molecule has 0 spiro atoms. The SMILES string of the molecule is Cn1c(C2CC2C(=O)O)nc2ccc(Cl)cc21. The maximum atomic E-state index is 10.9. The molecule has 1 heterocycles. The summed E-state index contributed by atoms with van der Waals surface area (Å²) >= 11 is 5.94. The number of benzene rings is 1. The standard InChI is InChI=1S/C12H11ClN2O2/c1-15-10-4-6(13)2-3-9(10)14-11(15)7-5-8(7)12(16)17/h2-4,7-8H,5H2,1H3,(H,16,17). The van der Waals surface area contributed by atoms with Gasteiger partial charge in [0.2, 0.25) is 0 Å². The van der Waals surface area contributed by atoms with Gasteiger partial charge in [-0.05, 0) is 24.6 Å². The molecule has 5 heteroatoms. The van der Waals surface area contributed by atoms with Crippen LogP contribution in [0.25, 0.3) is 11.0 Å². The zero-order valence-electron chi connectivity index (χ0n) is 9.22. The van der Waals surface area contributed by atoms with Crippen LogP contribution in [0.1, 0.15) is 18.2 Å². The maximum absolute atomic E-state index is 10.9. The van der Waals surface area contributed by atoms with Gasteiger partial charge in [-0.2, -0.15) is 0 Å². The normalized spacial score (nSPS) is 22.9. The van der Waals surface area contributed by atoms with Gasteiger partial charge >= 0.3 is 5.97 Å². The number of hydrogen-bond acceptors (Lipinski definition) is 2. The summed E-state index contributed by atoms with van der Waals surface area (Å²) in [5, 5.41) is 9.60. The highest BCUT2D eigenvalue weighted by atomic mass is 35.5. The first-order valence-corrected chi connectivity index (χ1v) is 5.80. The third-order valence-electron chi connectivity index (χ3n) is 3.32. The number of carboxylic acids is 1. The van der Waals surface area contributed by atoms with Gasteiger partial charge in [-0.15, -0.1) is 0 Å². The van der Waals surface area contributed by atoms with Crippen molar-refractivity contribution < 1.29 is 9.90 Å². The van der Waals surface area contributed by atoms with Gasteiger partial charge in [-0.25, -0.2) is 4.98 Å². The molecular weight excluding hydrogens is 240 g/mol. The van der Waals surface area contributed by atoms with Crippen molar-refractivity contribution in [3.05, 3.63) is 29.0 Å². The number of carboxylic acid groups (broad SMARTS) is 1. The summed E-state index contributed by atoms with van der Waals surface area (Å²) in [7, 11) is 1.90. The van der Waals surface area contributed by atoms with Crippen LogP contribution in [0.4, 0.5) is 0 Å². The molecule has 4 nitrogen and oxygen atoms in total. The van der Waals surface area contributed by atoms with E-state index in [0.717, 1.165) is 16.9 Å². The highest BCUT2D eigenvalue weighted by Crippen LogP contribution is 2.47. The minimum absolute atomic E-state index is 0.0451. The Bertz CT molecular complexity index is 620. The lowest BCUT2D eigenvalue weighted by atomic mass is 10.3. The number of halogens is 1. The summed E-state index contributed by atoms with van der Waals surface area (Å²) in [4.78, 5) is 15.4. The predicted molar refractivity (Wildman–Crippen MR) is 64.2 cm³/mol. The number of hydrogen-bond donors (Lipinski definition) is 1. The topological polar surface area (TPSA) is 55.1 Å². The molecule has 1 aromatic heterocycles. The number of imidazole rings is 1. The van der Waals surface area contributed by atoms with E-state index in [1.807, 2.05) is 23.7 Å². The van der Waals surface area contributed by atoms with E-state index < -0.39 is 5.97 Å². The molecule has 2 unspecified atom stereocenters. The van der Waals surface area contributed by atoms with Gasteiger partial charge in [-0.1, -0.05) is 11.6 Å². The van der Waals surface area contributed by atoms with Gasteiger partial charge in [0, 0.05) is 18.0 Å². The molecule has 0 radical (unpaired) electrons. The Kier molecular flexibility index (Phi) is 2.16. The van der Waals surface area contributed by atoms with Crippen LogP contribution < -0.4 is 0 Å². The molecule has 1 N–H and O–H groups in total. The van der Waals surface area contributed by atoms with Crippen molar-refractivity contribution in [2.24, 2.45) is 13.0 Å². The lowest BCUT2D eigenvalue weighted by Gasteiger charge is -2.00. The molecule has 3 rings (SSSR count). The molecule has 0 bridgehead atoms. The summed E-state index contributed by atoms with van der Waals surface area (Å²) in [5.74, 6) is -0.126. The first-order valence-electron chi connectivity index (χ1n) is 5.42. The maximum Gasteiger partial charge on any atom is 0.307 e. The molecule has 1 fully saturated rings. The zero-order valence-corrected chi connectivity index (χ0v) is 9.98. The van der Waals surface area contributed by atoms with E-state index >= 15 is 0 Å². The number of fused-ring (bicyclic) bond motifs is 1. The molecule has 1 aliphatic carbocycles. The summed E-state index contributed by atoms with van der Waals surface area (Å²) in [6.45, 7) is 0. The summed E-state index contributed by atoms with van der Waals surface area (Å²) < 4.78 is 1.94. The van der Waals surface area contributed by atoms with Crippen LogP contribution in [0.3, 0.4) is 0 Å². The van der Waals surface area contributed by atoms with Crippen LogP contribution in [0, 0.1) is 5.92 Å². The van der Waals surface area contributed by atoms with Crippen molar-refractivity contribution in [3.8, 4) is 0 Å². The number of aryl methyl sites for hydroxylation is 1. The second-order valence-electron chi connectivity index (χ2n) is 4.45. The third-order valence-corrected chi connectivity index (χ3v) is 3.55. The Morgan fingerprint density at radius 3 is 3.00 bits per heavy atom. The van der Waals surface area contributed by atoms with E-state index in [1.165, 1.54) is 0 Å². The van der Waals surface area contributed by atoms with Crippen molar-refractivity contribution in [3.63, 3.8) is 0 Å². The molecule has 1 aliphatic rings. The predicted octanol–water partition coefficient (Wildman–Crippen LogP) is 2.41. The second kappa shape index (κ2) is 3.47. The lowest BCUT2D eigenvalue weighted by molar-refractivity contribution is -0.138. The lowest BCUT2D eigenvalue weighted by Crippen LogP contribution is -2.02. The largest absolute Gasteiger partial charge is 0.481 e. The van der Waals surface area contributed by atoms with Crippen LogP contribution in [0.15, 0.2) is 18.2 Å². The Balaban J connectivity index is 2.07. The van der Waals surface area contributed by atoms with Crippen molar-refractivity contribution in [1.82, 2.24) is 9.55 Å². The Hall–Kier alpha value is -1.55. The summed E-state index contributed by atoms with van der Waals surface area (Å²) in [6.07, 6.45) is 0.681. The van der Waals surface area contributed by atoms with E-state index in [0.29, 0.717) is 11.4 Å². The molecular formula is C12H11ClN2O2. The monoisotopic (exact) mass is 250 g/mol. The van der Waals surface area contributed by atoms with Crippen LogP contribution in [-0.4, -0.2) is 20.6 Å². The Morgan fingerprint density at radius 2 is 2.35 bits per heavy atom. The zero-order chi connectivity index (χ0) is 12.2. The number of nitrogens with zero attached hydrogens (tertiary/aromatic N) is 2. The first kappa shape index (κ1) is 10.6. The number of aliphatic carboxylic acids is 1. The highest BCUT2D eigenvalue weighted by molar-refractivity contribution is 6.31. The van der Waals surface area contributed by atoms with Crippen molar-refractivity contribution >= 4 is 28.6 Å². The molecule has 17 heavy (non-hydrogen) atoms. The van der Waals surface area contributed by atoms with E-state index in [-0.39, 0.29) is 11.8 Å². The quantitative estimate of drug-likeness (QED) is 0.891. The molecule has 1 aromatic carbocycles. The van der Waals surface area contributed by atoms with Gasteiger partial charge in [0.1, 0.15) is 5.82 Å². The summed E-state index contributed by atoms with van der Waals surface area (Å²) in [6, 6.07) is 5.51. The minimum Gasteiger partial charge on any atom is -0.481 e. The van der Waals surface area contributed by atoms with Crippen molar-refractivity contribution in [2.75, 3.05) is 0 Å². The van der Waals surface area contributed by atoms with Gasteiger partial charge in [-0.3, -0.25) is 4.79 Å². The molecule has 2 aromatic rings. The van der Waals surface area contributed by atoms with E-state index in [2.05, 4.69) is 4.98 Å².